The van der Waals surface area contributed by atoms with Crippen molar-refractivity contribution in [2.45, 2.75) is 31.9 Å². The van der Waals surface area contributed by atoms with Gasteiger partial charge in [0.15, 0.2) is 0 Å². The van der Waals surface area contributed by atoms with Gasteiger partial charge in [-0.1, -0.05) is 48.3 Å². The molecule has 24 heavy (non-hydrogen) atoms. The van der Waals surface area contributed by atoms with Crippen LogP contribution in [0.1, 0.15) is 26.7 Å². The highest BCUT2D eigenvalue weighted by Crippen LogP contribution is 2.35. The summed E-state index contributed by atoms with van der Waals surface area (Å²) in [5.41, 5.74) is 0.419. The van der Waals surface area contributed by atoms with Gasteiger partial charge in [0.2, 0.25) is 11.1 Å². The summed E-state index contributed by atoms with van der Waals surface area (Å²) in [6.07, 6.45) is 2.30. The monoisotopic (exact) mass is 398 g/mol. The molecule has 138 valence electrons. The average molecular weight is 400 g/mol. The fraction of sp³-hybridized carbons (Fsp3) is 0.562. The molecular formula is C16H25Cl3N2O3. The van der Waals surface area contributed by atoms with Gasteiger partial charge in [0.1, 0.15) is 10.9 Å². The minimum Gasteiger partial charge on any atom is -0.500 e. The lowest BCUT2D eigenvalue weighted by Crippen LogP contribution is -2.42. The Balaban J connectivity index is 5.46. The van der Waals surface area contributed by atoms with E-state index >= 15 is 0 Å². The van der Waals surface area contributed by atoms with Crippen LogP contribution in [0.3, 0.4) is 0 Å². The molecule has 0 aromatic heterocycles. The van der Waals surface area contributed by atoms with Gasteiger partial charge in [-0.25, -0.2) is 0 Å². The summed E-state index contributed by atoms with van der Waals surface area (Å²) in [7, 11) is 6.25. The highest BCUT2D eigenvalue weighted by atomic mass is 35.5. The quantitative estimate of drug-likeness (QED) is 0.189. The second kappa shape index (κ2) is 10.2. The fourth-order valence-electron chi connectivity index (χ4n) is 1.76. The summed E-state index contributed by atoms with van der Waals surface area (Å²) in [6.45, 7) is 7.15. The van der Waals surface area contributed by atoms with E-state index in [4.69, 9.17) is 44.3 Å². The third kappa shape index (κ3) is 6.20. The van der Waals surface area contributed by atoms with E-state index in [1.54, 1.807) is 21.2 Å². The fourth-order valence-corrected chi connectivity index (χ4v) is 2.75. The van der Waals surface area contributed by atoms with Crippen molar-refractivity contribution in [2.75, 3.05) is 28.3 Å². The number of methoxy groups -OCH3 is 2. The number of amides is 1. The molecule has 0 aliphatic carbocycles. The first-order valence-corrected chi connectivity index (χ1v) is 8.37. The van der Waals surface area contributed by atoms with Crippen molar-refractivity contribution >= 4 is 40.7 Å². The van der Waals surface area contributed by atoms with Crippen molar-refractivity contribution < 1.29 is 14.3 Å². The summed E-state index contributed by atoms with van der Waals surface area (Å²) < 4.78 is 10.6. The molecule has 0 bridgehead atoms. The van der Waals surface area contributed by atoms with Crippen LogP contribution in [-0.4, -0.2) is 49.2 Å². The van der Waals surface area contributed by atoms with Gasteiger partial charge in [0.05, 0.1) is 18.6 Å². The number of ether oxygens (including phenoxy) is 2. The summed E-state index contributed by atoms with van der Waals surface area (Å²) in [4.78, 5) is 14.2. The van der Waals surface area contributed by atoms with Crippen LogP contribution in [0.15, 0.2) is 34.3 Å². The van der Waals surface area contributed by atoms with Gasteiger partial charge in [0, 0.05) is 40.2 Å². The van der Waals surface area contributed by atoms with Crippen molar-refractivity contribution in [1.82, 2.24) is 9.80 Å². The van der Waals surface area contributed by atoms with Crippen LogP contribution in [0.2, 0.25) is 0 Å². The molecule has 0 aliphatic heterocycles. The smallest absolute Gasteiger partial charge is 0.224 e. The molecule has 8 heteroatoms. The Hall–Kier alpha value is -0.880. The standard InChI is InChI=1S/C16H25Cl3N2O3/c1-8-14(23-6)13(17)10-16(19,24-7)21(5)15(18)9-11(2)20(4)12(3)22/h9H,2,8,10H2,1,3-7H3/b14-13-,15-9-. The summed E-state index contributed by atoms with van der Waals surface area (Å²) in [5, 5.41) is -0.642. The Morgan fingerprint density at radius 3 is 2.21 bits per heavy atom. The minimum absolute atomic E-state index is 0.152. The second-order valence-corrected chi connectivity index (χ2v) is 6.49. The van der Waals surface area contributed by atoms with Gasteiger partial charge in [-0.3, -0.25) is 4.79 Å². The lowest BCUT2D eigenvalue weighted by atomic mass is 10.2. The van der Waals surface area contributed by atoms with Gasteiger partial charge in [-0.2, -0.15) is 0 Å². The number of halogens is 3. The molecule has 0 spiro atoms. The van der Waals surface area contributed by atoms with Gasteiger partial charge >= 0.3 is 0 Å². The molecule has 0 aromatic carbocycles. The molecule has 0 aliphatic rings. The molecule has 0 heterocycles. The second-order valence-electron chi connectivity index (χ2n) is 5.05. The Bertz CT molecular complexity index is 529. The van der Waals surface area contributed by atoms with Crippen molar-refractivity contribution in [3.05, 3.63) is 34.3 Å². The largest absolute Gasteiger partial charge is 0.500 e. The van der Waals surface area contributed by atoms with Crippen LogP contribution in [0.4, 0.5) is 0 Å². The first-order valence-electron chi connectivity index (χ1n) is 7.23. The van der Waals surface area contributed by atoms with Gasteiger partial charge < -0.3 is 19.3 Å². The molecule has 5 nitrogen and oxygen atoms in total. The number of hydrogen-bond donors (Lipinski definition) is 0. The van der Waals surface area contributed by atoms with E-state index in [9.17, 15) is 4.79 Å². The summed E-state index contributed by atoms with van der Waals surface area (Å²) >= 11 is 19.1. The zero-order chi connectivity index (χ0) is 19.1. The third-order valence-corrected chi connectivity index (χ3v) is 4.81. The number of allylic oxidation sites excluding steroid dienone is 2. The van der Waals surface area contributed by atoms with E-state index in [2.05, 4.69) is 6.58 Å². The van der Waals surface area contributed by atoms with Gasteiger partial charge in [-0.05, 0) is 6.08 Å². The van der Waals surface area contributed by atoms with E-state index in [1.807, 2.05) is 6.92 Å². The van der Waals surface area contributed by atoms with Crippen LogP contribution in [0.5, 0.6) is 0 Å². The van der Waals surface area contributed by atoms with E-state index in [0.29, 0.717) is 22.9 Å². The number of alkyl halides is 1. The van der Waals surface area contributed by atoms with Crippen molar-refractivity contribution in [3.63, 3.8) is 0 Å². The Labute approximate surface area is 159 Å². The highest BCUT2D eigenvalue weighted by molar-refractivity contribution is 6.32. The third-order valence-electron chi connectivity index (χ3n) is 3.57. The van der Waals surface area contributed by atoms with Crippen molar-refractivity contribution in [2.24, 2.45) is 0 Å². The van der Waals surface area contributed by atoms with Gasteiger partial charge in [-0.15, -0.1) is 0 Å². The van der Waals surface area contributed by atoms with E-state index < -0.39 is 5.18 Å². The Morgan fingerprint density at radius 1 is 1.29 bits per heavy atom. The summed E-state index contributed by atoms with van der Waals surface area (Å²) in [6, 6.07) is 0. The maximum absolute atomic E-state index is 11.4. The lowest BCUT2D eigenvalue weighted by Gasteiger charge is -2.36. The molecule has 0 saturated heterocycles. The number of hydrogen-bond acceptors (Lipinski definition) is 4. The first kappa shape index (κ1) is 23.1. The highest BCUT2D eigenvalue weighted by Gasteiger charge is 2.35. The zero-order valence-corrected chi connectivity index (χ0v) is 17.2. The van der Waals surface area contributed by atoms with E-state index in [-0.39, 0.29) is 17.5 Å². The van der Waals surface area contributed by atoms with Crippen LogP contribution >= 0.6 is 34.8 Å². The molecule has 0 rings (SSSR count). The van der Waals surface area contributed by atoms with Crippen molar-refractivity contribution in [1.29, 1.82) is 0 Å². The van der Waals surface area contributed by atoms with E-state index in [0.717, 1.165) is 0 Å². The SMILES string of the molecule is C=C(/C=C(/Cl)N(C)C(Cl)(C/C(Cl)=C(\CC)OC)OC)N(C)C(C)=O. The Kier molecular flexibility index (Phi) is 9.81. The molecule has 0 N–H and O–H groups in total. The summed E-state index contributed by atoms with van der Waals surface area (Å²) in [5.74, 6) is 0.457. The molecule has 0 fully saturated rings. The average Bonchev–Trinajstić information content (AvgIpc) is 2.53. The predicted octanol–water partition coefficient (Wildman–Crippen LogP) is 4.43. The maximum atomic E-state index is 11.4. The normalized spacial score (nSPS) is 15.3. The number of nitrogens with zero attached hydrogens (tertiary/aromatic N) is 2. The molecule has 0 saturated carbocycles. The molecule has 1 atom stereocenters. The molecule has 1 unspecified atom stereocenters. The molecule has 0 aromatic rings. The van der Waals surface area contributed by atoms with Crippen LogP contribution < -0.4 is 0 Å². The number of rotatable bonds is 9. The van der Waals surface area contributed by atoms with Crippen molar-refractivity contribution in [3.8, 4) is 0 Å². The zero-order valence-electron chi connectivity index (χ0n) is 15.0. The maximum Gasteiger partial charge on any atom is 0.224 e. The topological polar surface area (TPSA) is 42.0 Å². The number of likely N-dealkylation sites (N-methyl/N-ethyl adjacent to an activating group) is 1. The number of carbonyl (C=O) groups excluding carboxylic acids is 1. The lowest BCUT2D eigenvalue weighted by molar-refractivity contribution is -0.125. The van der Waals surface area contributed by atoms with Gasteiger partial charge in [0.25, 0.3) is 0 Å². The van der Waals surface area contributed by atoms with Crippen LogP contribution in [-0.2, 0) is 14.3 Å². The molecular weight excluding hydrogens is 375 g/mol. The van der Waals surface area contributed by atoms with E-state index in [1.165, 1.54) is 29.9 Å². The number of carbonyl (C=O) groups is 1. The Morgan fingerprint density at radius 2 is 1.83 bits per heavy atom. The first-order chi connectivity index (χ1) is 11.0. The molecule has 0 radical (unpaired) electrons. The molecule has 1 amide bonds. The van der Waals surface area contributed by atoms with Crippen LogP contribution in [0, 0.1) is 0 Å². The predicted molar refractivity (Wildman–Crippen MR) is 99.7 cm³/mol. The minimum atomic E-state index is -1.32. The van der Waals surface area contributed by atoms with Crippen LogP contribution in [0.25, 0.3) is 0 Å².